The summed E-state index contributed by atoms with van der Waals surface area (Å²) in [4.78, 5) is 14.1. The van der Waals surface area contributed by atoms with Crippen molar-refractivity contribution < 1.29 is 17.6 Å². The molecule has 0 atom stereocenters. The number of amides is 1. The molecule has 4 N–H and O–H groups in total. The van der Waals surface area contributed by atoms with Crippen LogP contribution in [-0.4, -0.2) is 32.3 Å². The number of carbonyl (C=O) groups is 1. The Morgan fingerprint density at radius 3 is 2.33 bits per heavy atom. The van der Waals surface area contributed by atoms with Gasteiger partial charge < -0.3 is 15.1 Å². The number of hydrogen-bond acceptors (Lipinski definition) is 5. The smallest absolute Gasteiger partial charge is 0.289 e. The molecule has 0 saturated heterocycles. The highest BCUT2D eigenvalue weighted by atomic mass is 35.5. The van der Waals surface area contributed by atoms with Gasteiger partial charge in [0.05, 0.1) is 0 Å². The summed E-state index contributed by atoms with van der Waals surface area (Å²) in [5.41, 5.74) is 6.47. The Balaban J connectivity index is 0.00000288. The van der Waals surface area contributed by atoms with E-state index >= 15 is 0 Å². The van der Waals surface area contributed by atoms with Crippen molar-refractivity contribution in [2.45, 2.75) is 18.1 Å². The third-order valence-electron chi connectivity index (χ3n) is 3.21. The number of carbonyl (C=O) groups excluding carboxylic acids is 1. The number of rotatable bonds is 7. The van der Waals surface area contributed by atoms with Crippen molar-refractivity contribution in [3.63, 3.8) is 0 Å². The number of hydrogen-bond donors (Lipinski definition) is 2. The Bertz CT molecular complexity index is 762. The van der Waals surface area contributed by atoms with Crippen LogP contribution in [0.5, 0.6) is 0 Å². The molecule has 0 aliphatic carbocycles. The Morgan fingerprint density at radius 1 is 1.12 bits per heavy atom. The number of sulfonamides is 1. The maximum absolute atomic E-state index is 12.6. The van der Waals surface area contributed by atoms with Crippen LogP contribution in [0.3, 0.4) is 0 Å². The van der Waals surface area contributed by atoms with Gasteiger partial charge in [-0.25, -0.2) is 13.6 Å². The standard InChI is InChI=1S/C15H19N3O4S.ClH/c16-9-4-10-18(11-12-5-2-1-3-6-12)15(19)13-7-8-14(22-13)23(17,20)21;/h1-3,5-8H,4,9-11,16H2,(H2,17,20,21);1H. The monoisotopic (exact) mass is 373 g/mol. The Kier molecular flexibility index (Phi) is 7.43. The van der Waals surface area contributed by atoms with E-state index in [1.807, 2.05) is 30.3 Å². The Morgan fingerprint density at radius 2 is 1.79 bits per heavy atom. The molecule has 1 amide bonds. The fourth-order valence-electron chi connectivity index (χ4n) is 2.08. The van der Waals surface area contributed by atoms with Crippen LogP contribution in [0.4, 0.5) is 0 Å². The summed E-state index contributed by atoms with van der Waals surface area (Å²) in [7, 11) is -3.97. The van der Waals surface area contributed by atoms with Gasteiger partial charge in [-0.3, -0.25) is 4.79 Å². The summed E-state index contributed by atoms with van der Waals surface area (Å²) in [6.45, 7) is 1.26. The van der Waals surface area contributed by atoms with E-state index in [0.29, 0.717) is 26.1 Å². The van der Waals surface area contributed by atoms with E-state index in [4.69, 9.17) is 15.3 Å². The van der Waals surface area contributed by atoms with E-state index in [1.165, 1.54) is 12.1 Å². The van der Waals surface area contributed by atoms with Gasteiger partial charge in [-0.2, -0.15) is 0 Å². The van der Waals surface area contributed by atoms with Crippen LogP contribution in [0.2, 0.25) is 0 Å². The van der Waals surface area contributed by atoms with Gasteiger partial charge >= 0.3 is 0 Å². The molecule has 0 radical (unpaired) electrons. The second kappa shape index (κ2) is 8.84. The van der Waals surface area contributed by atoms with E-state index in [9.17, 15) is 13.2 Å². The molecule has 0 aliphatic rings. The summed E-state index contributed by atoms with van der Waals surface area (Å²) in [5.74, 6) is -0.473. The first-order valence-electron chi connectivity index (χ1n) is 7.07. The lowest BCUT2D eigenvalue weighted by atomic mass is 10.2. The van der Waals surface area contributed by atoms with Crippen LogP contribution in [0.15, 0.2) is 52.0 Å². The second-order valence-corrected chi connectivity index (χ2v) is 6.51. The SMILES string of the molecule is Cl.NCCCN(Cc1ccccc1)C(=O)c1ccc(S(N)(=O)=O)o1. The minimum Gasteiger partial charge on any atom is -0.438 e. The molecule has 132 valence electrons. The first-order chi connectivity index (χ1) is 10.9. The predicted octanol–water partition coefficient (Wildman–Crippen LogP) is 1.34. The van der Waals surface area contributed by atoms with Crippen LogP contribution >= 0.6 is 12.4 Å². The first kappa shape index (κ1) is 20.2. The molecule has 0 fully saturated rings. The molecule has 9 heteroatoms. The number of nitrogens with zero attached hydrogens (tertiary/aromatic N) is 1. The van der Waals surface area contributed by atoms with Crippen molar-refractivity contribution in [2.24, 2.45) is 10.9 Å². The molecule has 1 heterocycles. The van der Waals surface area contributed by atoms with Crippen molar-refractivity contribution in [1.82, 2.24) is 4.90 Å². The van der Waals surface area contributed by atoms with E-state index in [1.54, 1.807) is 4.90 Å². The highest BCUT2D eigenvalue weighted by Gasteiger charge is 2.22. The fraction of sp³-hybridized carbons (Fsp3) is 0.267. The zero-order valence-electron chi connectivity index (χ0n) is 12.9. The summed E-state index contributed by atoms with van der Waals surface area (Å²) < 4.78 is 27.6. The first-order valence-corrected chi connectivity index (χ1v) is 8.62. The zero-order chi connectivity index (χ0) is 16.9. The number of primary sulfonamides is 1. The summed E-state index contributed by atoms with van der Waals surface area (Å²) in [6.07, 6.45) is 0.626. The maximum atomic E-state index is 12.6. The molecule has 7 nitrogen and oxygen atoms in total. The average Bonchev–Trinajstić information content (AvgIpc) is 3.02. The lowest BCUT2D eigenvalue weighted by molar-refractivity contribution is 0.0704. The van der Waals surface area contributed by atoms with Gasteiger partial charge in [-0.15, -0.1) is 12.4 Å². The number of nitrogens with two attached hydrogens (primary N) is 2. The van der Waals surface area contributed by atoms with Gasteiger partial charge in [0.25, 0.3) is 15.9 Å². The lowest BCUT2D eigenvalue weighted by Gasteiger charge is -2.21. The van der Waals surface area contributed by atoms with Crippen molar-refractivity contribution in [1.29, 1.82) is 0 Å². The largest absolute Gasteiger partial charge is 0.438 e. The van der Waals surface area contributed by atoms with E-state index in [0.717, 1.165) is 5.56 Å². The third-order valence-corrected chi connectivity index (χ3v) is 3.99. The number of benzene rings is 1. The molecular formula is C15H20ClN3O4S. The highest BCUT2D eigenvalue weighted by Crippen LogP contribution is 2.16. The fourth-order valence-corrected chi connectivity index (χ4v) is 2.55. The molecule has 0 saturated carbocycles. The minimum atomic E-state index is -3.97. The zero-order valence-corrected chi connectivity index (χ0v) is 14.6. The Hall–Kier alpha value is -1.87. The molecule has 1 aromatic carbocycles. The average molecular weight is 374 g/mol. The molecule has 2 rings (SSSR count). The van der Waals surface area contributed by atoms with Crippen LogP contribution in [0.1, 0.15) is 22.5 Å². The molecule has 0 spiro atoms. The molecule has 24 heavy (non-hydrogen) atoms. The lowest BCUT2D eigenvalue weighted by Crippen LogP contribution is -2.32. The molecule has 0 bridgehead atoms. The summed E-state index contributed by atoms with van der Waals surface area (Å²) in [5, 5.41) is 4.56. The van der Waals surface area contributed by atoms with Gasteiger partial charge in [0.1, 0.15) is 0 Å². The van der Waals surface area contributed by atoms with Gasteiger partial charge in [0.2, 0.25) is 5.09 Å². The molecule has 0 unspecified atom stereocenters. The topological polar surface area (TPSA) is 120 Å². The van der Waals surface area contributed by atoms with Crippen molar-refractivity contribution in [3.05, 3.63) is 53.8 Å². The van der Waals surface area contributed by atoms with Crippen LogP contribution in [0, 0.1) is 0 Å². The molecule has 2 aromatic rings. The van der Waals surface area contributed by atoms with Crippen molar-refractivity contribution >= 4 is 28.3 Å². The Labute approximate surface area is 147 Å². The quantitative estimate of drug-likeness (QED) is 0.758. The van der Waals surface area contributed by atoms with Crippen molar-refractivity contribution in [2.75, 3.05) is 13.1 Å². The molecule has 1 aromatic heterocycles. The number of halogens is 1. The molecular weight excluding hydrogens is 354 g/mol. The van der Waals surface area contributed by atoms with Crippen LogP contribution in [0.25, 0.3) is 0 Å². The summed E-state index contributed by atoms with van der Waals surface area (Å²) >= 11 is 0. The highest BCUT2D eigenvalue weighted by molar-refractivity contribution is 7.89. The second-order valence-electron chi connectivity index (χ2n) is 5.02. The summed E-state index contributed by atoms with van der Waals surface area (Å²) in [6, 6.07) is 11.9. The van der Waals surface area contributed by atoms with Gasteiger partial charge in [-0.1, -0.05) is 30.3 Å². The third kappa shape index (κ3) is 5.34. The molecule has 0 aliphatic heterocycles. The van der Waals surface area contributed by atoms with E-state index in [-0.39, 0.29) is 18.2 Å². The van der Waals surface area contributed by atoms with Gasteiger partial charge in [-0.05, 0) is 30.7 Å². The van der Waals surface area contributed by atoms with Gasteiger partial charge in [0, 0.05) is 13.1 Å². The maximum Gasteiger partial charge on any atom is 0.289 e. The normalized spacial score (nSPS) is 10.9. The van der Waals surface area contributed by atoms with E-state index in [2.05, 4.69) is 0 Å². The number of furan rings is 1. The van der Waals surface area contributed by atoms with Crippen LogP contribution in [-0.2, 0) is 16.6 Å². The van der Waals surface area contributed by atoms with Crippen LogP contribution < -0.4 is 10.9 Å². The minimum absolute atomic E-state index is 0. The van der Waals surface area contributed by atoms with Crippen molar-refractivity contribution in [3.8, 4) is 0 Å². The van der Waals surface area contributed by atoms with E-state index < -0.39 is 21.0 Å². The predicted molar refractivity (Wildman–Crippen MR) is 92.2 cm³/mol. The van der Waals surface area contributed by atoms with Gasteiger partial charge in [0.15, 0.2) is 5.76 Å².